The van der Waals surface area contributed by atoms with Crippen LogP contribution in [0.15, 0.2) is 85.1 Å². The number of aliphatic hydroxyl groups is 1. The van der Waals surface area contributed by atoms with Crippen molar-refractivity contribution in [1.82, 2.24) is 4.57 Å². The number of nitrogens with zero attached hydrogens (tertiary/aromatic N) is 1. The lowest BCUT2D eigenvalue weighted by atomic mass is 10.0. The van der Waals surface area contributed by atoms with Crippen molar-refractivity contribution in [1.29, 1.82) is 0 Å². The zero-order valence-electron chi connectivity index (χ0n) is 13.4. The monoisotopic (exact) mass is 313 g/mol. The van der Waals surface area contributed by atoms with Gasteiger partial charge in [0.2, 0.25) is 0 Å². The Morgan fingerprint density at radius 1 is 0.708 bits per heavy atom. The molecule has 0 amide bonds. The van der Waals surface area contributed by atoms with Crippen LogP contribution < -0.4 is 0 Å². The second-order valence-electron chi connectivity index (χ2n) is 6.03. The van der Waals surface area contributed by atoms with E-state index in [2.05, 4.69) is 71.4 Å². The third kappa shape index (κ3) is 2.72. The average Bonchev–Trinajstić information content (AvgIpc) is 3.01. The summed E-state index contributed by atoms with van der Waals surface area (Å²) < 4.78 is 2.31. The van der Waals surface area contributed by atoms with E-state index in [0.29, 0.717) is 0 Å². The highest BCUT2D eigenvalue weighted by Gasteiger charge is 2.10. The number of hydrogen-bond acceptors (Lipinski definition) is 1. The van der Waals surface area contributed by atoms with Gasteiger partial charge < -0.3 is 9.67 Å². The van der Waals surface area contributed by atoms with Crippen LogP contribution in [0.25, 0.3) is 22.0 Å². The SMILES string of the molecule is OCc1ccc(-c2cn(Cc3ccccc3)c3ccccc23)cc1. The van der Waals surface area contributed by atoms with E-state index in [-0.39, 0.29) is 6.61 Å². The maximum absolute atomic E-state index is 9.23. The van der Waals surface area contributed by atoms with Crippen LogP contribution in [0.1, 0.15) is 11.1 Å². The molecular weight excluding hydrogens is 294 g/mol. The second-order valence-corrected chi connectivity index (χ2v) is 6.03. The van der Waals surface area contributed by atoms with Gasteiger partial charge in [-0.2, -0.15) is 0 Å². The molecule has 0 bridgehead atoms. The molecule has 0 atom stereocenters. The highest BCUT2D eigenvalue weighted by molar-refractivity contribution is 5.96. The predicted octanol–water partition coefficient (Wildman–Crippen LogP) is 4.85. The highest BCUT2D eigenvalue weighted by Crippen LogP contribution is 2.31. The largest absolute Gasteiger partial charge is 0.392 e. The lowest BCUT2D eigenvalue weighted by molar-refractivity contribution is 0.282. The van der Waals surface area contributed by atoms with E-state index in [9.17, 15) is 5.11 Å². The number of hydrogen-bond donors (Lipinski definition) is 1. The molecule has 0 aliphatic heterocycles. The van der Waals surface area contributed by atoms with Crippen molar-refractivity contribution in [3.8, 4) is 11.1 Å². The Labute approximate surface area is 141 Å². The first-order valence-electron chi connectivity index (χ1n) is 8.17. The van der Waals surface area contributed by atoms with Crippen LogP contribution in [0.4, 0.5) is 0 Å². The molecule has 1 N–H and O–H groups in total. The molecule has 4 rings (SSSR count). The van der Waals surface area contributed by atoms with Gasteiger partial charge in [-0.15, -0.1) is 0 Å². The van der Waals surface area contributed by atoms with Gasteiger partial charge in [-0.3, -0.25) is 0 Å². The topological polar surface area (TPSA) is 25.2 Å². The van der Waals surface area contributed by atoms with Gasteiger partial charge in [-0.1, -0.05) is 72.8 Å². The average molecular weight is 313 g/mol. The standard InChI is InChI=1S/C22H19NO/c24-16-18-10-12-19(13-11-18)21-15-23(14-17-6-2-1-3-7-17)22-9-5-4-8-20(21)22/h1-13,15,24H,14,16H2. The van der Waals surface area contributed by atoms with Crippen molar-refractivity contribution < 1.29 is 5.11 Å². The Bertz CT molecular complexity index is 952. The lowest BCUT2D eigenvalue weighted by Crippen LogP contribution is -1.97. The van der Waals surface area contributed by atoms with Crippen LogP contribution in [0, 0.1) is 0 Å². The quantitative estimate of drug-likeness (QED) is 0.572. The second kappa shape index (κ2) is 6.34. The Morgan fingerprint density at radius 2 is 1.42 bits per heavy atom. The van der Waals surface area contributed by atoms with Crippen LogP contribution in [-0.4, -0.2) is 9.67 Å². The van der Waals surface area contributed by atoms with Crippen molar-refractivity contribution in [2.75, 3.05) is 0 Å². The molecule has 0 aliphatic rings. The van der Waals surface area contributed by atoms with E-state index in [1.807, 2.05) is 18.2 Å². The minimum absolute atomic E-state index is 0.0794. The summed E-state index contributed by atoms with van der Waals surface area (Å²) in [6.45, 7) is 0.937. The summed E-state index contributed by atoms with van der Waals surface area (Å²) in [7, 11) is 0. The molecule has 0 spiro atoms. The molecule has 24 heavy (non-hydrogen) atoms. The number of aliphatic hydroxyl groups excluding tert-OH is 1. The summed E-state index contributed by atoms with van der Waals surface area (Å²) in [5.74, 6) is 0. The van der Waals surface area contributed by atoms with Crippen LogP contribution in [0.3, 0.4) is 0 Å². The molecule has 0 saturated heterocycles. The number of rotatable bonds is 4. The Hall–Kier alpha value is -2.84. The molecule has 0 aliphatic carbocycles. The number of aromatic nitrogens is 1. The Morgan fingerprint density at radius 3 is 2.17 bits per heavy atom. The lowest BCUT2D eigenvalue weighted by Gasteiger charge is -2.05. The van der Waals surface area contributed by atoms with Crippen molar-refractivity contribution in [2.24, 2.45) is 0 Å². The molecule has 118 valence electrons. The molecule has 1 heterocycles. The van der Waals surface area contributed by atoms with Gasteiger partial charge in [0, 0.05) is 29.2 Å². The molecule has 1 aromatic heterocycles. The van der Waals surface area contributed by atoms with E-state index in [0.717, 1.165) is 12.1 Å². The maximum Gasteiger partial charge on any atom is 0.0681 e. The molecule has 2 heteroatoms. The number of para-hydroxylation sites is 1. The summed E-state index contributed by atoms with van der Waals surface area (Å²) in [5.41, 5.74) is 5.87. The zero-order valence-corrected chi connectivity index (χ0v) is 13.4. The molecule has 0 saturated carbocycles. The van der Waals surface area contributed by atoms with Crippen LogP contribution in [-0.2, 0) is 13.2 Å². The van der Waals surface area contributed by atoms with Gasteiger partial charge in [0.25, 0.3) is 0 Å². The first kappa shape index (κ1) is 14.7. The van der Waals surface area contributed by atoms with Crippen molar-refractivity contribution in [3.63, 3.8) is 0 Å². The molecular formula is C22H19NO. The van der Waals surface area contributed by atoms with E-state index >= 15 is 0 Å². The van der Waals surface area contributed by atoms with E-state index in [1.54, 1.807) is 0 Å². The van der Waals surface area contributed by atoms with Gasteiger partial charge in [0.05, 0.1) is 6.61 Å². The Kier molecular flexibility index (Phi) is 3.89. The summed E-state index contributed by atoms with van der Waals surface area (Å²) >= 11 is 0. The van der Waals surface area contributed by atoms with Crippen molar-refractivity contribution >= 4 is 10.9 Å². The maximum atomic E-state index is 9.23. The van der Waals surface area contributed by atoms with Gasteiger partial charge in [-0.25, -0.2) is 0 Å². The summed E-state index contributed by atoms with van der Waals surface area (Å²) in [6.07, 6.45) is 2.23. The van der Waals surface area contributed by atoms with E-state index < -0.39 is 0 Å². The highest BCUT2D eigenvalue weighted by atomic mass is 16.3. The van der Waals surface area contributed by atoms with E-state index in [1.165, 1.54) is 27.6 Å². The summed E-state index contributed by atoms with van der Waals surface area (Å²) in [4.78, 5) is 0. The molecule has 0 unspecified atom stereocenters. The normalized spacial score (nSPS) is 11.0. The fraction of sp³-hybridized carbons (Fsp3) is 0.0909. The molecule has 0 fully saturated rings. The number of benzene rings is 3. The fourth-order valence-corrected chi connectivity index (χ4v) is 3.18. The van der Waals surface area contributed by atoms with Crippen molar-refractivity contribution in [3.05, 3.63) is 96.2 Å². The third-order valence-electron chi connectivity index (χ3n) is 4.43. The fourth-order valence-electron chi connectivity index (χ4n) is 3.18. The van der Waals surface area contributed by atoms with Gasteiger partial charge >= 0.3 is 0 Å². The minimum Gasteiger partial charge on any atom is -0.392 e. The zero-order chi connectivity index (χ0) is 16.4. The van der Waals surface area contributed by atoms with Crippen LogP contribution in [0.2, 0.25) is 0 Å². The molecule has 2 nitrogen and oxygen atoms in total. The summed E-state index contributed by atoms with van der Waals surface area (Å²) in [6, 6.07) is 27.2. The minimum atomic E-state index is 0.0794. The third-order valence-corrected chi connectivity index (χ3v) is 4.43. The molecule has 4 aromatic rings. The van der Waals surface area contributed by atoms with Gasteiger partial charge in [0.15, 0.2) is 0 Å². The van der Waals surface area contributed by atoms with Crippen molar-refractivity contribution in [2.45, 2.75) is 13.2 Å². The summed E-state index contributed by atoms with van der Waals surface area (Å²) in [5, 5.41) is 10.5. The first-order chi connectivity index (χ1) is 11.8. The van der Waals surface area contributed by atoms with Gasteiger partial charge in [-0.05, 0) is 22.8 Å². The smallest absolute Gasteiger partial charge is 0.0681 e. The van der Waals surface area contributed by atoms with Crippen LogP contribution in [0.5, 0.6) is 0 Å². The molecule has 0 radical (unpaired) electrons. The van der Waals surface area contributed by atoms with Gasteiger partial charge in [0.1, 0.15) is 0 Å². The molecule has 3 aromatic carbocycles. The predicted molar refractivity (Wildman–Crippen MR) is 98.8 cm³/mol. The number of fused-ring (bicyclic) bond motifs is 1. The van der Waals surface area contributed by atoms with Crippen LogP contribution >= 0.6 is 0 Å². The van der Waals surface area contributed by atoms with E-state index in [4.69, 9.17) is 0 Å². The Balaban J connectivity index is 1.81. The first-order valence-corrected chi connectivity index (χ1v) is 8.17.